The Morgan fingerprint density at radius 3 is 1.83 bits per heavy atom. The third kappa shape index (κ3) is 5.10. The highest BCUT2D eigenvalue weighted by Crippen LogP contribution is 2.38. The van der Waals surface area contributed by atoms with Crippen LogP contribution in [-0.2, 0) is 10.8 Å². The summed E-state index contributed by atoms with van der Waals surface area (Å²) in [6, 6.07) is 0. The molecule has 1 unspecified atom stereocenters. The van der Waals surface area contributed by atoms with E-state index in [4.69, 9.17) is 4.98 Å². The molecule has 0 amide bonds. The van der Waals surface area contributed by atoms with E-state index in [-0.39, 0.29) is 10.8 Å². The van der Waals surface area contributed by atoms with Gasteiger partial charge >= 0.3 is 0 Å². The number of imidazole rings is 1. The molecule has 1 heterocycles. The fraction of sp³-hybridized carbons (Fsp3) is 0.864. The van der Waals surface area contributed by atoms with Crippen molar-refractivity contribution in [2.75, 3.05) is 0 Å². The highest BCUT2D eigenvalue weighted by Gasteiger charge is 2.33. The van der Waals surface area contributed by atoms with E-state index in [2.05, 4.69) is 67.3 Å². The number of aromatic nitrogens is 2. The van der Waals surface area contributed by atoms with Crippen molar-refractivity contribution in [2.45, 2.75) is 118 Å². The van der Waals surface area contributed by atoms with Crippen LogP contribution in [0.15, 0.2) is 0 Å². The second-order valence-corrected chi connectivity index (χ2v) is 9.36. The van der Waals surface area contributed by atoms with Gasteiger partial charge in [-0.05, 0) is 18.8 Å². The van der Waals surface area contributed by atoms with Crippen LogP contribution >= 0.6 is 0 Å². The maximum Gasteiger partial charge on any atom is 0.112 e. The van der Waals surface area contributed by atoms with Crippen molar-refractivity contribution in [3.05, 3.63) is 17.2 Å². The second-order valence-electron chi connectivity index (χ2n) is 9.36. The minimum Gasteiger partial charge on any atom is -0.345 e. The van der Waals surface area contributed by atoms with Gasteiger partial charge < -0.3 is 4.98 Å². The first-order valence-electron chi connectivity index (χ1n) is 10.2. The molecule has 0 radical (unpaired) electrons. The summed E-state index contributed by atoms with van der Waals surface area (Å²) in [5, 5.41) is 0. The fourth-order valence-corrected chi connectivity index (χ4v) is 3.36. The van der Waals surface area contributed by atoms with Gasteiger partial charge in [-0.1, -0.05) is 88.0 Å². The molecule has 1 N–H and O–H groups in total. The van der Waals surface area contributed by atoms with Crippen LogP contribution in [0.4, 0.5) is 0 Å². The van der Waals surface area contributed by atoms with Gasteiger partial charge in [0, 0.05) is 22.4 Å². The van der Waals surface area contributed by atoms with Gasteiger partial charge in [0.15, 0.2) is 0 Å². The van der Waals surface area contributed by atoms with Crippen LogP contribution in [-0.4, -0.2) is 9.97 Å². The Labute approximate surface area is 151 Å². The van der Waals surface area contributed by atoms with Crippen molar-refractivity contribution >= 4 is 0 Å². The Kier molecular flexibility index (Phi) is 7.56. The van der Waals surface area contributed by atoms with Crippen molar-refractivity contribution in [1.82, 2.24) is 9.97 Å². The molecule has 1 aromatic rings. The lowest BCUT2D eigenvalue weighted by molar-refractivity contribution is 0.421. The van der Waals surface area contributed by atoms with E-state index in [0.717, 1.165) is 0 Å². The standard InChI is InChI=1S/C22H42N2/c1-10-12-14-21(6,7)19-18(17(5)16(3)4)23-20(24-19)22(8,9)15-13-11-2/h16-17H,10-15H2,1-9H3,(H,23,24). The maximum absolute atomic E-state index is 5.21. The average Bonchev–Trinajstić information content (AvgIpc) is 2.97. The molecular weight excluding hydrogens is 292 g/mol. The van der Waals surface area contributed by atoms with Crippen LogP contribution in [0.1, 0.15) is 124 Å². The zero-order valence-corrected chi connectivity index (χ0v) is 17.8. The summed E-state index contributed by atoms with van der Waals surface area (Å²) in [6.45, 7) is 21.0. The molecule has 2 heteroatoms. The molecule has 0 aliphatic heterocycles. The third-order valence-corrected chi connectivity index (χ3v) is 5.78. The van der Waals surface area contributed by atoms with E-state index < -0.39 is 0 Å². The highest BCUT2D eigenvalue weighted by atomic mass is 15.0. The minimum atomic E-state index is 0.126. The van der Waals surface area contributed by atoms with Crippen LogP contribution in [0.5, 0.6) is 0 Å². The van der Waals surface area contributed by atoms with Crippen molar-refractivity contribution in [1.29, 1.82) is 0 Å². The molecule has 1 atom stereocenters. The van der Waals surface area contributed by atoms with Crippen LogP contribution in [0.25, 0.3) is 0 Å². The quantitative estimate of drug-likeness (QED) is 0.485. The lowest BCUT2D eigenvalue weighted by Crippen LogP contribution is -2.22. The molecular formula is C22H42N2. The van der Waals surface area contributed by atoms with Crippen LogP contribution in [0.3, 0.4) is 0 Å². The predicted octanol–water partition coefficient (Wildman–Crippen LogP) is 7.10. The molecule has 1 aromatic heterocycles. The van der Waals surface area contributed by atoms with Gasteiger partial charge in [0.05, 0.1) is 5.69 Å². The van der Waals surface area contributed by atoms with E-state index in [1.54, 1.807) is 0 Å². The van der Waals surface area contributed by atoms with Crippen LogP contribution in [0.2, 0.25) is 0 Å². The number of unbranched alkanes of at least 4 members (excludes halogenated alkanes) is 2. The normalized spacial score (nSPS) is 14.4. The summed E-state index contributed by atoms with van der Waals surface area (Å²) in [5.41, 5.74) is 2.97. The minimum absolute atomic E-state index is 0.126. The van der Waals surface area contributed by atoms with Crippen molar-refractivity contribution in [3.8, 4) is 0 Å². The number of rotatable bonds is 10. The van der Waals surface area contributed by atoms with E-state index in [0.29, 0.717) is 11.8 Å². The number of H-pyrrole nitrogens is 1. The number of nitrogens with one attached hydrogen (secondary N) is 1. The molecule has 1 rings (SSSR count). The molecule has 0 saturated carbocycles. The van der Waals surface area contributed by atoms with Gasteiger partial charge in [-0.15, -0.1) is 0 Å². The highest BCUT2D eigenvalue weighted by molar-refractivity contribution is 5.28. The summed E-state index contributed by atoms with van der Waals surface area (Å²) in [6.07, 6.45) is 7.43. The number of hydrogen-bond donors (Lipinski definition) is 1. The monoisotopic (exact) mass is 334 g/mol. The number of aromatic amines is 1. The van der Waals surface area contributed by atoms with Crippen molar-refractivity contribution < 1.29 is 0 Å². The van der Waals surface area contributed by atoms with Gasteiger partial charge in [0.25, 0.3) is 0 Å². The number of hydrogen-bond acceptors (Lipinski definition) is 1. The molecule has 0 aromatic carbocycles. The predicted molar refractivity (Wildman–Crippen MR) is 107 cm³/mol. The average molecular weight is 335 g/mol. The molecule has 0 saturated heterocycles. The van der Waals surface area contributed by atoms with E-state index >= 15 is 0 Å². The Morgan fingerprint density at radius 2 is 1.38 bits per heavy atom. The molecule has 0 aliphatic carbocycles. The Morgan fingerprint density at radius 1 is 0.875 bits per heavy atom. The van der Waals surface area contributed by atoms with Gasteiger partial charge in [-0.25, -0.2) is 4.98 Å². The fourth-order valence-electron chi connectivity index (χ4n) is 3.36. The molecule has 0 fully saturated rings. The summed E-state index contributed by atoms with van der Waals surface area (Å²) in [7, 11) is 0. The van der Waals surface area contributed by atoms with Gasteiger partial charge in [-0.3, -0.25) is 0 Å². The van der Waals surface area contributed by atoms with E-state index in [1.807, 2.05) is 0 Å². The molecule has 2 nitrogen and oxygen atoms in total. The lowest BCUT2D eigenvalue weighted by Gasteiger charge is -2.26. The van der Waals surface area contributed by atoms with Gasteiger partial charge in [-0.2, -0.15) is 0 Å². The molecule has 0 bridgehead atoms. The Balaban J connectivity index is 3.29. The maximum atomic E-state index is 5.21. The van der Waals surface area contributed by atoms with Gasteiger partial charge in [0.2, 0.25) is 0 Å². The Bertz CT molecular complexity index is 494. The first-order valence-corrected chi connectivity index (χ1v) is 10.2. The smallest absolute Gasteiger partial charge is 0.112 e. The summed E-state index contributed by atoms with van der Waals surface area (Å²) >= 11 is 0. The van der Waals surface area contributed by atoms with Crippen LogP contribution < -0.4 is 0 Å². The molecule has 140 valence electrons. The first-order chi connectivity index (χ1) is 11.1. The van der Waals surface area contributed by atoms with Crippen LogP contribution in [0, 0.1) is 5.92 Å². The van der Waals surface area contributed by atoms with Crippen molar-refractivity contribution in [3.63, 3.8) is 0 Å². The largest absolute Gasteiger partial charge is 0.345 e. The summed E-state index contributed by atoms with van der Waals surface area (Å²) in [4.78, 5) is 8.99. The first kappa shape index (κ1) is 21.3. The van der Waals surface area contributed by atoms with Gasteiger partial charge in [0.1, 0.15) is 5.82 Å². The Hall–Kier alpha value is -0.790. The zero-order valence-electron chi connectivity index (χ0n) is 17.8. The SMILES string of the molecule is CCCCC(C)(C)c1nc(C(C)(C)CCCC)c(C(C)C(C)C)[nH]1. The summed E-state index contributed by atoms with van der Waals surface area (Å²) in [5.74, 6) is 2.33. The topological polar surface area (TPSA) is 28.7 Å². The molecule has 24 heavy (non-hydrogen) atoms. The van der Waals surface area contributed by atoms with Crippen molar-refractivity contribution in [2.24, 2.45) is 5.92 Å². The lowest BCUT2D eigenvalue weighted by atomic mass is 9.79. The van der Waals surface area contributed by atoms with E-state index in [9.17, 15) is 0 Å². The third-order valence-electron chi connectivity index (χ3n) is 5.78. The van der Waals surface area contributed by atoms with E-state index in [1.165, 1.54) is 55.7 Å². The molecule has 0 aliphatic rings. The number of nitrogens with zero attached hydrogens (tertiary/aromatic N) is 1. The molecule has 0 spiro atoms. The summed E-state index contributed by atoms with van der Waals surface area (Å²) < 4.78 is 0. The zero-order chi connectivity index (χ0) is 18.5. The second kappa shape index (κ2) is 8.54.